The molecule has 0 saturated heterocycles. The van der Waals surface area contributed by atoms with Crippen LogP contribution in [0.5, 0.6) is 0 Å². The number of hydrogen-bond acceptors (Lipinski definition) is 0. The lowest BCUT2D eigenvalue weighted by Gasteiger charge is -2.01. The summed E-state index contributed by atoms with van der Waals surface area (Å²) in [4.78, 5) is 0. The van der Waals surface area contributed by atoms with Crippen LogP contribution in [0.3, 0.4) is 0 Å². The molecule has 0 aromatic carbocycles. The van der Waals surface area contributed by atoms with E-state index in [4.69, 9.17) is 0 Å². The molecule has 0 radical (unpaired) electrons. The van der Waals surface area contributed by atoms with Crippen LogP contribution in [0.4, 0.5) is 0 Å². The Morgan fingerprint density at radius 1 is 1.45 bits per heavy atom. The highest BCUT2D eigenvalue weighted by Gasteiger charge is 1.93. The zero-order chi connectivity index (χ0) is 8.69. The second-order valence-electron chi connectivity index (χ2n) is 3.27. The quantitative estimate of drug-likeness (QED) is 0.538. The second kappa shape index (κ2) is 6.04. The molecule has 0 nitrogen and oxygen atoms in total. The van der Waals surface area contributed by atoms with E-state index in [9.17, 15) is 0 Å². The van der Waals surface area contributed by atoms with Gasteiger partial charge < -0.3 is 0 Å². The third kappa shape index (κ3) is 7.19. The molecule has 0 aliphatic rings. The third-order valence-corrected chi connectivity index (χ3v) is 1.53. The first-order chi connectivity index (χ1) is 5.16. The molecule has 62 valence electrons. The molecule has 0 aromatic rings. The molecule has 0 bridgehead atoms. The predicted octanol–water partition coefficient (Wildman–Crippen LogP) is 3.70. The van der Waals surface area contributed by atoms with Crippen LogP contribution in [0, 0.1) is 5.92 Å². The molecule has 0 saturated carbocycles. The van der Waals surface area contributed by atoms with Gasteiger partial charge in [0.05, 0.1) is 0 Å². The lowest BCUT2D eigenvalue weighted by atomic mass is 10.0. The molecular formula is C11H18. The van der Waals surface area contributed by atoms with E-state index in [-0.39, 0.29) is 0 Å². The standard InChI is InChI=1S/C11H18/c1-5-6-7-11(4)9-8-10(2)3/h5,10H,8-9H2,1-4H3. The zero-order valence-electron chi connectivity index (χ0n) is 8.07. The fourth-order valence-corrected chi connectivity index (χ4v) is 0.763. The SMILES string of the molecule is CC=C=C=C(C)CCC(C)C. The molecule has 0 unspecified atom stereocenters. The highest BCUT2D eigenvalue weighted by molar-refractivity contribution is 4.97. The van der Waals surface area contributed by atoms with E-state index < -0.39 is 0 Å². The van der Waals surface area contributed by atoms with E-state index in [0.29, 0.717) is 0 Å². The monoisotopic (exact) mass is 150 g/mol. The first-order valence-corrected chi connectivity index (χ1v) is 4.28. The average Bonchev–Trinajstić information content (AvgIpc) is 1.97. The highest BCUT2D eigenvalue weighted by Crippen LogP contribution is 2.08. The van der Waals surface area contributed by atoms with Gasteiger partial charge in [0.15, 0.2) is 0 Å². The molecule has 0 aliphatic heterocycles. The van der Waals surface area contributed by atoms with E-state index in [1.165, 1.54) is 12.0 Å². The predicted molar refractivity (Wildman–Crippen MR) is 50.5 cm³/mol. The first-order valence-electron chi connectivity index (χ1n) is 4.28. The van der Waals surface area contributed by atoms with Crippen LogP contribution in [0.15, 0.2) is 23.1 Å². The molecule has 0 atom stereocenters. The van der Waals surface area contributed by atoms with Gasteiger partial charge in [-0.2, -0.15) is 0 Å². The molecule has 0 amide bonds. The molecule has 0 heterocycles. The zero-order valence-corrected chi connectivity index (χ0v) is 8.07. The van der Waals surface area contributed by atoms with Gasteiger partial charge in [0, 0.05) is 0 Å². The van der Waals surface area contributed by atoms with Gasteiger partial charge in [0.2, 0.25) is 0 Å². The summed E-state index contributed by atoms with van der Waals surface area (Å²) < 4.78 is 0. The molecule has 11 heavy (non-hydrogen) atoms. The van der Waals surface area contributed by atoms with Crippen molar-refractivity contribution in [3.05, 3.63) is 23.1 Å². The molecular weight excluding hydrogens is 132 g/mol. The van der Waals surface area contributed by atoms with Gasteiger partial charge >= 0.3 is 0 Å². The minimum Gasteiger partial charge on any atom is -0.0750 e. The summed E-state index contributed by atoms with van der Waals surface area (Å²) in [5, 5.41) is 0. The van der Waals surface area contributed by atoms with E-state index in [0.717, 1.165) is 12.3 Å². The summed E-state index contributed by atoms with van der Waals surface area (Å²) in [6.07, 6.45) is 4.29. The Bertz CT molecular complexity index is 184. The number of rotatable bonds is 3. The van der Waals surface area contributed by atoms with Crippen LogP contribution in [-0.4, -0.2) is 0 Å². The lowest BCUT2D eigenvalue weighted by Crippen LogP contribution is -1.86. The van der Waals surface area contributed by atoms with Crippen LogP contribution in [0.2, 0.25) is 0 Å². The van der Waals surface area contributed by atoms with Gasteiger partial charge in [-0.3, -0.25) is 0 Å². The Hall–Kier alpha value is -0.700. The van der Waals surface area contributed by atoms with Crippen LogP contribution in [0.25, 0.3) is 0 Å². The Morgan fingerprint density at radius 3 is 2.55 bits per heavy atom. The number of allylic oxidation sites excluding steroid dienone is 2. The average molecular weight is 150 g/mol. The van der Waals surface area contributed by atoms with Crippen molar-refractivity contribution in [2.24, 2.45) is 5.92 Å². The molecule has 0 spiro atoms. The van der Waals surface area contributed by atoms with Crippen molar-refractivity contribution in [1.29, 1.82) is 0 Å². The number of hydrogen-bond donors (Lipinski definition) is 0. The fourth-order valence-electron chi connectivity index (χ4n) is 0.763. The van der Waals surface area contributed by atoms with Gasteiger partial charge in [-0.1, -0.05) is 25.3 Å². The van der Waals surface area contributed by atoms with Crippen molar-refractivity contribution in [1.82, 2.24) is 0 Å². The lowest BCUT2D eigenvalue weighted by molar-refractivity contribution is 0.585. The third-order valence-electron chi connectivity index (χ3n) is 1.53. The van der Waals surface area contributed by atoms with Crippen molar-refractivity contribution in [3.8, 4) is 0 Å². The Kier molecular flexibility index (Phi) is 5.65. The maximum absolute atomic E-state index is 3.10. The molecule has 0 rings (SSSR count). The van der Waals surface area contributed by atoms with E-state index >= 15 is 0 Å². The molecule has 0 fully saturated rings. The summed E-state index contributed by atoms with van der Waals surface area (Å²) in [6.45, 7) is 8.56. The minimum atomic E-state index is 0.789. The van der Waals surface area contributed by atoms with Crippen molar-refractivity contribution < 1.29 is 0 Å². The minimum absolute atomic E-state index is 0.789. The molecule has 0 aromatic heterocycles. The van der Waals surface area contributed by atoms with Crippen LogP contribution >= 0.6 is 0 Å². The van der Waals surface area contributed by atoms with Crippen LogP contribution in [0.1, 0.15) is 40.5 Å². The van der Waals surface area contributed by atoms with Crippen LogP contribution < -0.4 is 0 Å². The largest absolute Gasteiger partial charge is 0.0750 e. The van der Waals surface area contributed by atoms with Gasteiger partial charge in [-0.15, -0.1) is 0 Å². The Balaban J connectivity index is 3.88. The van der Waals surface area contributed by atoms with Crippen molar-refractivity contribution in [3.63, 3.8) is 0 Å². The van der Waals surface area contributed by atoms with Crippen molar-refractivity contribution in [2.45, 2.75) is 40.5 Å². The molecule has 0 N–H and O–H groups in total. The maximum atomic E-state index is 3.10. The summed E-state index contributed by atoms with van der Waals surface area (Å²) >= 11 is 0. The van der Waals surface area contributed by atoms with Gasteiger partial charge in [0.25, 0.3) is 0 Å². The summed E-state index contributed by atoms with van der Waals surface area (Å²) in [5.41, 5.74) is 7.36. The van der Waals surface area contributed by atoms with Crippen molar-refractivity contribution >= 4 is 0 Å². The van der Waals surface area contributed by atoms with E-state index in [1.807, 2.05) is 13.0 Å². The fraction of sp³-hybridized carbons (Fsp3) is 0.636. The molecule has 0 heteroatoms. The maximum Gasteiger partial charge on any atom is -0.0230 e. The van der Waals surface area contributed by atoms with E-state index in [2.05, 4.69) is 32.2 Å². The van der Waals surface area contributed by atoms with Crippen LogP contribution in [-0.2, 0) is 0 Å². The summed E-state index contributed by atoms with van der Waals surface area (Å²) in [6, 6.07) is 0. The smallest absolute Gasteiger partial charge is 0.0230 e. The van der Waals surface area contributed by atoms with Gasteiger partial charge in [-0.25, -0.2) is 0 Å². The van der Waals surface area contributed by atoms with Crippen molar-refractivity contribution in [2.75, 3.05) is 0 Å². The summed E-state index contributed by atoms with van der Waals surface area (Å²) in [7, 11) is 0. The Morgan fingerprint density at radius 2 is 2.09 bits per heavy atom. The van der Waals surface area contributed by atoms with Gasteiger partial charge in [0.1, 0.15) is 0 Å². The van der Waals surface area contributed by atoms with Gasteiger partial charge in [-0.05, 0) is 44.3 Å². The first kappa shape index (κ1) is 10.3. The summed E-state index contributed by atoms with van der Waals surface area (Å²) in [5.74, 6) is 0.789. The van der Waals surface area contributed by atoms with E-state index in [1.54, 1.807) is 0 Å². The topological polar surface area (TPSA) is 0 Å². The highest BCUT2D eigenvalue weighted by atomic mass is 14.0. The second-order valence-corrected chi connectivity index (χ2v) is 3.27. The Labute approximate surface area is 70.3 Å². The normalized spacial score (nSPS) is 8.82. The molecule has 0 aliphatic carbocycles.